The Morgan fingerprint density at radius 3 is 2.33 bits per heavy atom. The molecule has 18 heavy (non-hydrogen) atoms. The fourth-order valence-electron chi connectivity index (χ4n) is 2.15. The summed E-state index contributed by atoms with van der Waals surface area (Å²) in [6, 6.07) is 16.8. The molecule has 0 bridgehead atoms. The number of fused-ring (bicyclic) bond motifs is 3. The van der Waals surface area contributed by atoms with Gasteiger partial charge in [-0.15, -0.1) is 0 Å². The molecule has 0 atom stereocenters. The lowest BCUT2D eigenvalue weighted by molar-refractivity contribution is 0.609. The van der Waals surface area contributed by atoms with Gasteiger partial charge in [-0.3, -0.25) is 0 Å². The van der Waals surface area contributed by atoms with Crippen LogP contribution in [0.5, 0.6) is 0 Å². The van der Waals surface area contributed by atoms with Gasteiger partial charge in [-0.1, -0.05) is 42.5 Å². The van der Waals surface area contributed by atoms with Crippen molar-refractivity contribution >= 4 is 30.5 Å². The van der Waals surface area contributed by atoms with Crippen molar-refractivity contribution in [2.45, 2.75) is 4.90 Å². The Bertz CT molecular complexity index is 809. The smallest absolute Gasteiger partial charge is 0.207 e. The van der Waals surface area contributed by atoms with E-state index in [9.17, 15) is 8.42 Å². The second-order valence-electron chi connectivity index (χ2n) is 4.11. The van der Waals surface area contributed by atoms with Crippen LogP contribution in [-0.4, -0.2) is 8.42 Å². The molecule has 0 aromatic heterocycles. The summed E-state index contributed by atoms with van der Waals surface area (Å²) in [6.45, 7) is 0. The molecule has 3 rings (SSSR count). The zero-order chi connectivity index (χ0) is 12.8. The van der Waals surface area contributed by atoms with Gasteiger partial charge in [0.15, 0.2) is 0 Å². The van der Waals surface area contributed by atoms with Gasteiger partial charge >= 0.3 is 0 Å². The average Bonchev–Trinajstić information content (AvgIpc) is 2.70. The van der Waals surface area contributed by atoms with Crippen molar-refractivity contribution in [2.75, 3.05) is 0 Å². The van der Waals surface area contributed by atoms with Crippen LogP contribution in [0.15, 0.2) is 59.5 Å². The molecule has 2 nitrogen and oxygen atoms in total. The highest BCUT2D eigenvalue weighted by Crippen LogP contribution is 2.32. The van der Waals surface area contributed by atoms with E-state index in [1.54, 1.807) is 12.1 Å². The predicted molar refractivity (Wildman–Crippen MR) is 73.6 cm³/mol. The third-order valence-corrected chi connectivity index (χ3v) is 4.35. The molecule has 90 valence electrons. The molecule has 0 saturated heterocycles. The summed E-state index contributed by atoms with van der Waals surface area (Å²) in [7, 11) is 1.69. The quantitative estimate of drug-likeness (QED) is 0.632. The fraction of sp³-hybridized carbons (Fsp3) is 0. The molecule has 2 aliphatic carbocycles. The molecule has 4 heteroatoms. The lowest BCUT2D eigenvalue weighted by atomic mass is 10.1. The summed E-state index contributed by atoms with van der Waals surface area (Å²) in [5, 5.41) is 1.88. The Balaban J connectivity index is 2.45. The molecular weight excluding hydrogens is 268 g/mol. The van der Waals surface area contributed by atoms with Gasteiger partial charge in [0.1, 0.15) is 0 Å². The number of hydrogen-bond acceptors (Lipinski definition) is 2. The summed E-state index contributed by atoms with van der Waals surface area (Å²) in [6.07, 6.45) is 0. The Morgan fingerprint density at radius 2 is 1.61 bits per heavy atom. The third-order valence-electron chi connectivity index (χ3n) is 3.00. The van der Waals surface area contributed by atoms with Crippen molar-refractivity contribution < 1.29 is 8.42 Å². The van der Waals surface area contributed by atoms with Gasteiger partial charge in [0.2, 0.25) is 0 Å². The van der Waals surface area contributed by atoms with Crippen molar-refractivity contribution in [3.8, 4) is 11.1 Å². The maximum Gasteiger partial charge on any atom is 0.261 e. The van der Waals surface area contributed by atoms with E-state index in [0.29, 0.717) is 0 Å². The highest BCUT2D eigenvalue weighted by atomic mass is 35.7. The maximum atomic E-state index is 11.4. The summed E-state index contributed by atoms with van der Waals surface area (Å²) in [5.74, 6) is 0. The Labute approximate surface area is 110 Å². The molecule has 0 amide bonds. The fourth-order valence-corrected chi connectivity index (χ4v) is 2.92. The van der Waals surface area contributed by atoms with E-state index in [1.807, 2.05) is 36.4 Å². The van der Waals surface area contributed by atoms with E-state index in [4.69, 9.17) is 10.7 Å². The first-order valence-corrected chi connectivity index (χ1v) is 7.73. The maximum absolute atomic E-state index is 11.4. The van der Waals surface area contributed by atoms with E-state index in [1.165, 1.54) is 6.07 Å². The molecule has 0 aliphatic heterocycles. The standard InChI is InChI=1S/C14H9ClO2S/c15-18(16,17)12-8-7-11-4-1-3-10-5-2-6-13(10)14(11)9-12/h1-9H. The van der Waals surface area contributed by atoms with Crippen molar-refractivity contribution in [2.24, 2.45) is 0 Å². The van der Waals surface area contributed by atoms with E-state index in [0.717, 1.165) is 21.9 Å². The van der Waals surface area contributed by atoms with Crippen molar-refractivity contribution in [3.63, 3.8) is 0 Å². The van der Waals surface area contributed by atoms with Gasteiger partial charge in [-0.25, -0.2) is 8.42 Å². The second kappa shape index (κ2) is 3.97. The third kappa shape index (κ3) is 1.85. The topological polar surface area (TPSA) is 34.1 Å². The number of benzene rings is 1. The van der Waals surface area contributed by atoms with Crippen LogP contribution >= 0.6 is 10.7 Å². The normalized spacial score (nSPS) is 12.1. The minimum atomic E-state index is -3.70. The number of rotatable bonds is 1. The number of hydrogen-bond donors (Lipinski definition) is 0. The highest BCUT2D eigenvalue weighted by Gasteiger charge is 2.12. The lowest BCUT2D eigenvalue weighted by Gasteiger charge is -2.01. The molecule has 0 N–H and O–H groups in total. The van der Waals surface area contributed by atoms with Gasteiger partial charge in [0.25, 0.3) is 9.05 Å². The van der Waals surface area contributed by atoms with Crippen LogP contribution in [0.4, 0.5) is 0 Å². The molecule has 0 unspecified atom stereocenters. The first kappa shape index (κ1) is 11.5. The SMILES string of the molecule is O=S(=O)(Cl)c1ccc2cccc3cccc-3c2c1. The van der Waals surface area contributed by atoms with Gasteiger partial charge in [-0.2, -0.15) is 0 Å². The van der Waals surface area contributed by atoms with Crippen LogP contribution < -0.4 is 0 Å². The monoisotopic (exact) mass is 276 g/mol. The zero-order valence-corrected chi connectivity index (χ0v) is 10.9. The minimum absolute atomic E-state index is 0.130. The van der Waals surface area contributed by atoms with E-state index < -0.39 is 9.05 Å². The second-order valence-corrected chi connectivity index (χ2v) is 6.67. The van der Waals surface area contributed by atoms with Crippen LogP contribution in [0.3, 0.4) is 0 Å². The first-order chi connectivity index (χ1) is 8.55. The molecule has 0 fully saturated rings. The van der Waals surface area contributed by atoms with Gasteiger partial charge in [0.05, 0.1) is 4.90 Å². The Kier molecular flexibility index (Phi) is 2.54. The van der Waals surface area contributed by atoms with Crippen LogP contribution in [0, 0.1) is 0 Å². The Morgan fingerprint density at radius 1 is 0.889 bits per heavy atom. The van der Waals surface area contributed by atoms with Crippen molar-refractivity contribution in [1.29, 1.82) is 0 Å². The van der Waals surface area contributed by atoms with E-state index >= 15 is 0 Å². The molecular formula is C14H9ClO2S. The molecule has 2 aliphatic rings. The summed E-state index contributed by atoms with van der Waals surface area (Å²) >= 11 is 0. The van der Waals surface area contributed by atoms with Gasteiger partial charge in [-0.05, 0) is 34.0 Å². The Hall–Kier alpha value is -1.58. The molecule has 0 heterocycles. The zero-order valence-electron chi connectivity index (χ0n) is 9.30. The molecule has 0 spiro atoms. The van der Waals surface area contributed by atoms with Gasteiger partial charge < -0.3 is 0 Å². The van der Waals surface area contributed by atoms with E-state index in [2.05, 4.69) is 0 Å². The van der Waals surface area contributed by atoms with Crippen LogP contribution in [0.2, 0.25) is 0 Å². The average molecular weight is 277 g/mol. The van der Waals surface area contributed by atoms with Gasteiger partial charge in [0, 0.05) is 10.7 Å². The summed E-state index contributed by atoms with van der Waals surface area (Å²) < 4.78 is 22.8. The summed E-state index contributed by atoms with van der Waals surface area (Å²) in [5.41, 5.74) is 2.10. The van der Waals surface area contributed by atoms with Crippen molar-refractivity contribution in [1.82, 2.24) is 0 Å². The summed E-state index contributed by atoms with van der Waals surface area (Å²) in [4.78, 5) is 0.130. The van der Waals surface area contributed by atoms with Crippen LogP contribution in [-0.2, 0) is 9.05 Å². The van der Waals surface area contributed by atoms with E-state index in [-0.39, 0.29) is 4.90 Å². The van der Waals surface area contributed by atoms with Crippen molar-refractivity contribution in [3.05, 3.63) is 54.6 Å². The minimum Gasteiger partial charge on any atom is -0.207 e. The van der Waals surface area contributed by atoms with Crippen LogP contribution in [0.25, 0.3) is 21.9 Å². The molecule has 0 saturated carbocycles. The highest BCUT2D eigenvalue weighted by molar-refractivity contribution is 8.13. The molecule has 1 aromatic rings. The largest absolute Gasteiger partial charge is 0.261 e. The molecule has 1 aromatic carbocycles. The lowest BCUT2D eigenvalue weighted by Crippen LogP contribution is -1.89. The van der Waals surface area contributed by atoms with Crippen LogP contribution in [0.1, 0.15) is 0 Å². The first-order valence-electron chi connectivity index (χ1n) is 5.42. The predicted octanol–water partition coefficient (Wildman–Crippen LogP) is 3.87. The molecule has 0 radical (unpaired) electrons. The number of halogens is 1.